The van der Waals surface area contributed by atoms with E-state index in [9.17, 15) is 5.11 Å². The van der Waals surface area contributed by atoms with Crippen LogP contribution < -0.4 is 0 Å². The van der Waals surface area contributed by atoms with Crippen molar-refractivity contribution in [3.63, 3.8) is 0 Å². The van der Waals surface area contributed by atoms with Crippen molar-refractivity contribution in [2.75, 3.05) is 6.54 Å². The van der Waals surface area contributed by atoms with E-state index in [1.54, 1.807) is 0 Å². The number of nitrogens with zero attached hydrogens (tertiary/aromatic N) is 1. The van der Waals surface area contributed by atoms with E-state index in [2.05, 4.69) is 30.9 Å². The second kappa shape index (κ2) is 7.31. The molecule has 1 saturated carbocycles. The zero-order chi connectivity index (χ0) is 15.4. The zero-order valence-corrected chi connectivity index (χ0v) is 14.2. The van der Waals surface area contributed by atoms with E-state index in [1.807, 2.05) is 13.8 Å². The van der Waals surface area contributed by atoms with E-state index in [-0.39, 0.29) is 0 Å². The average Bonchev–Trinajstić information content (AvgIpc) is 2.94. The van der Waals surface area contributed by atoms with Crippen molar-refractivity contribution in [1.82, 2.24) is 4.90 Å². The molecule has 1 aromatic carbocycles. The van der Waals surface area contributed by atoms with Crippen LogP contribution in [0.2, 0.25) is 0 Å². The predicted octanol–water partition coefficient (Wildman–Crippen LogP) is 4.80. The molecule has 0 spiro atoms. The summed E-state index contributed by atoms with van der Waals surface area (Å²) in [5.41, 5.74) is 3.35. The van der Waals surface area contributed by atoms with Crippen LogP contribution in [-0.4, -0.2) is 22.6 Å². The molecule has 0 heterocycles. The lowest BCUT2D eigenvalue weighted by atomic mass is 10.0. The fourth-order valence-corrected chi connectivity index (χ4v) is 3.46. The van der Waals surface area contributed by atoms with Gasteiger partial charge in [-0.25, -0.2) is 0 Å². The van der Waals surface area contributed by atoms with Crippen molar-refractivity contribution in [2.24, 2.45) is 5.92 Å². The van der Waals surface area contributed by atoms with E-state index in [0.717, 1.165) is 29.6 Å². The highest BCUT2D eigenvalue weighted by Gasteiger charge is 2.22. The molecule has 118 valence electrons. The summed E-state index contributed by atoms with van der Waals surface area (Å²) in [4.78, 5) is 2.68. The fourth-order valence-electron chi connectivity index (χ4n) is 3.46. The molecule has 1 aromatic rings. The molecule has 0 saturated heterocycles. The number of hydrogen-bond donors (Lipinski definition) is 1. The Kier molecular flexibility index (Phi) is 5.69. The number of benzene rings is 1. The first kappa shape index (κ1) is 16.4. The lowest BCUT2D eigenvalue weighted by Crippen LogP contribution is -2.34. The third-order valence-electron chi connectivity index (χ3n) is 4.77. The first-order valence-electron chi connectivity index (χ1n) is 8.50. The molecule has 1 aliphatic rings. The van der Waals surface area contributed by atoms with Gasteiger partial charge in [-0.2, -0.15) is 0 Å². The van der Waals surface area contributed by atoms with Crippen LogP contribution >= 0.6 is 0 Å². The molecule has 2 nitrogen and oxygen atoms in total. The molecule has 0 radical (unpaired) electrons. The first-order chi connectivity index (χ1) is 9.97. The quantitative estimate of drug-likeness (QED) is 0.813. The Balaban J connectivity index is 2.09. The van der Waals surface area contributed by atoms with Crippen LogP contribution in [0, 0.1) is 19.8 Å². The van der Waals surface area contributed by atoms with Crippen LogP contribution in [0.15, 0.2) is 12.1 Å². The highest BCUT2D eigenvalue weighted by molar-refractivity contribution is 5.42. The molecule has 0 bridgehead atoms. The molecule has 0 atom stereocenters. The van der Waals surface area contributed by atoms with E-state index in [0.29, 0.717) is 5.75 Å². The lowest BCUT2D eigenvalue weighted by molar-refractivity contribution is 0.179. The zero-order valence-electron chi connectivity index (χ0n) is 14.2. The number of rotatable bonds is 6. The Morgan fingerprint density at radius 3 is 2.24 bits per heavy atom. The summed E-state index contributed by atoms with van der Waals surface area (Å²) in [7, 11) is 0. The van der Waals surface area contributed by atoms with Gasteiger partial charge in [0.05, 0.1) is 0 Å². The van der Waals surface area contributed by atoms with Crippen molar-refractivity contribution < 1.29 is 5.11 Å². The largest absolute Gasteiger partial charge is 0.507 e. The molecular weight excluding hydrogens is 258 g/mol. The van der Waals surface area contributed by atoms with Gasteiger partial charge in [0.25, 0.3) is 0 Å². The molecular formula is C19H31NO. The number of hydrogen-bond acceptors (Lipinski definition) is 2. The summed E-state index contributed by atoms with van der Waals surface area (Å²) in [6, 6.07) is 5.07. The Hall–Kier alpha value is -1.02. The van der Waals surface area contributed by atoms with Gasteiger partial charge < -0.3 is 5.11 Å². The Morgan fingerprint density at radius 2 is 1.71 bits per heavy atom. The van der Waals surface area contributed by atoms with Gasteiger partial charge in [0.15, 0.2) is 0 Å². The smallest absolute Gasteiger partial charge is 0.121 e. The summed E-state index contributed by atoms with van der Waals surface area (Å²) in [5.74, 6) is 1.21. The topological polar surface area (TPSA) is 23.5 Å². The monoisotopic (exact) mass is 289 g/mol. The minimum absolute atomic E-state index is 0.452. The van der Waals surface area contributed by atoms with E-state index in [4.69, 9.17) is 0 Å². The minimum Gasteiger partial charge on any atom is -0.507 e. The van der Waals surface area contributed by atoms with Gasteiger partial charge in [-0.3, -0.25) is 4.90 Å². The van der Waals surface area contributed by atoms with E-state index < -0.39 is 0 Å². The minimum atomic E-state index is 0.452. The predicted molar refractivity (Wildman–Crippen MR) is 89.7 cm³/mol. The number of phenolic OH excluding ortho intramolecular Hbond substituents is 1. The summed E-state index contributed by atoms with van der Waals surface area (Å²) < 4.78 is 0. The van der Waals surface area contributed by atoms with Crippen molar-refractivity contribution >= 4 is 0 Å². The third kappa shape index (κ3) is 4.47. The molecule has 0 unspecified atom stereocenters. The van der Waals surface area contributed by atoms with Crippen LogP contribution in [-0.2, 0) is 6.54 Å². The molecule has 0 aromatic heterocycles. The fraction of sp³-hybridized carbons (Fsp3) is 0.684. The van der Waals surface area contributed by atoms with Gasteiger partial charge in [-0.05, 0) is 62.3 Å². The van der Waals surface area contributed by atoms with Crippen LogP contribution in [0.25, 0.3) is 0 Å². The maximum atomic E-state index is 9.94. The Labute approximate surface area is 130 Å². The number of phenols is 1. The maximum Gasteiger partial charge on any atom is 0.121 e. The highest BCUT2D eigenvalue weighted by Crippen LogP contribution is 2.28. The first-order valence-corrected chi connectivity index (χ1v) is 8.50. The molecule has 1 fully saturated rings. The summed E-state index contributed by atoms with van der Waals surface area (Å²) >= 11 is 0. The van der Waals surface area contributed by atoms with Crippen LogP contribution in [0.1, 0.15) is 62.6 Å². The van der Waals surface area contributed by atoms with Gasteiger partial charge in [0.1, 0.15) is 5.75 Å². The van der Waals surface area contributed by atoms with Gasteiger partial charge in [-0.1, -0.05) is 38.8 Å². The highest BCUT2D eigenvalue weighted by atomic mass is 16.3. The molecule has 2 heteroatoms. The molecule has 0 amide bonds. The van der Waals surface area contributed by atoms with Gasteiger partial charge >= 0.3 is 0 Å². The molecule has 0 aliphatic heterocycles. The summed E-state index contributed by atoms with van der Waals surface area (Å²) in [6.07, 6.45) is 6.75. The van der Waals surface area contributed by atoms with Gasteiger partial charge in [0.2, 0.25) is 0 Å². The molecule has 1 aliphatic carbocycles. The SMILES string of the molecule is Cc1cc(CN(CCC(C)C)C2CCCC2)cc(C)c1O. The summed E-state index contributed by atoms with van der Waals surface area (Å²) in [5, 5.41) is 9.94. The van der Waals surface area contributed by atoms with E-state index in [1.165, 1.54) is 44.2 Å². The third-order valence-corrected chi connectivity index (χ3v) is 4.77. The van der Waals surface area contributed by atoms with Crippen molar-refractivity contribution in [3.8, 4) is 5.75 Å². The second-order valence-corrected chi connectivity index (χ2v) is 7.17. The van der Waals surface area contributed by atoms with E-state index >= 15 is 0 Å². The number of aryl methyl sites for hydroxylation is 2. The second-order valence-electron chi connectivity index (χ2n) is 7.17. The Morgan fingerprint density at radius 1 is 1.14 bits per heavy atom. The van der Waals surface area contributed by atoms with Crippen LogP contribution in [0.4, 0.5) is 0 Å². The molecule has 2 rings (SSSR count). The normalized spacial score (nSPS) is 16.3. The van der Waals surface area contributed by atoms with Crippen molar-refractivity contribution in [2.45, 2.75) is 72.4 Å². The van der Waals surface area contributed by atoms with Crippen LogP contribution in [0.5, 0.6) is 5.75 Å². The lowest BCUT2D eigenvalue weighted by Gasteiger charge is -2.30. The van der Waals surface area contributed by atoms with Crippen molar-refractivity contribution in [3.05, 3.63) is 28.8 Å². The Bertz CT molecular complexity index is 438. The molecule has 21 heavy (non-hydrogen) atoms. The van der Waals surface area contributed by atoms with Crippen LogP contribution in [0.3, 0.4) is 0 Å². The average molecular weight is 289 g/mol. The number of aromatic hydroxyl groups is 1. The molecule has 1 N–H and O–H groups in total. The van der Waals surface area contributed by atoms with Gasteiger partial charge in [-0.15, -0.1) is 0 Å². The summed E-state index contributed by atoms with van der Waals surface area (Å²) in [6.45, 7) is 10.8. The standard InChI is InChI=1S/C19H31NO/c1-14(2)9-10-20(18-7-5-6-8-18)13-17-11-15(3)19(21)16(4)12-17/h11-12,14,18,21H,5-10,13H2,1-4H3. The van der Waals surface area contributed by atoms with Gasteiger partial charge in [0, 0.05) is 12.6 Å². The maximum absolute atomic E-state index is 9.94. The van der Waals surface area contributed by atoms with Crippen molar-refractivity contribution in [1.29, 1.82) is 0 Å².